The number of aromatic nitrogens is 4. The van der Waals surface area contributed by atoms with Crippen molar-refractivity contribution in [1.29, 1.82) is 0 Å². The van der Waals surface area contributed by atoms with Crippen molar-refractivity contribution in [2.45, 2.75) is 19.9 Å². The van der Waals surface area contributed by atoms with E-state index in [0.29, 0.717) is 0 Å². The summed E-state index contributed by atoms with van der Waals surface area (Å²) in [7, 11) is 0. The fourth-order valence-electron chi connectivity index (χ4n) is 1.91. The number of nitrogens with zero attached hydrogens (tertiary/aromatic N) is 4. The van der Waals surface area contributed by atoms with Gasteiger partial charge in [0.15, 0.2) is 5.82 Å². The van der Waals surface area contributed by atoms with Gasteiger partial charge in [0.1, 0.15) is 0 Å². The minimum absolute atomic E-state index is 0.164. The molecule has 1 unspecified atom stereocenters. The highest BCUT2D eigenvalue weighted by Crippen LogP contribution is 2.20. The second-order valence-electron chi connectivity index (χ2n) is 4.51. The normalized spacial score (nSPS) is 12.3. The Hall–Kier alpha value is -2.21. The number of thiazole rings is 1. The molecule has 20 heavy (non-hydrogen) atoms. The van der Waals surface area contributed by atoms with Crippen molar-refractivity contribution >= 4 is 17.0 Å². The average Bonchev–Trinajstić information content (AvgIpc) is 3.10. The van der Waals surface area contributed by atoms with Crippen LogP contribution in [0.5, 0.6) is 0 Å². The van der Waals surface area contributed by atoms with Crippen LogP contribution in [-0.2, 0) is 0 Å². The molecular formula is C14H15N5S. The number of rotatable bonds is 4. The van der Waals surface area contributed by atoms with Gasteiger partial charge in [-0.3, -0.25) is 0 Å². The molecule has 0 saturated carbocycles. The molecule has 0 aromatic carbocycles. The van der Waals surface area contributed by atoms with Crippen LogP contribution in [0.25, 0.3) is 5.82 Å². The minimum Gasteiger partial charge on any atom is -0.376 e. The lowest BCUT2D eigenvalue weighted by atomic mass is 10.2. The zero-order valence-corrected chi connectivity index (χ0v) is 12.1. The summed E-state index contributed by atoms with van der Waals surface area (Å²) in [6.07, 6.45) is 5.42. The van der Waals surface area contributed by atoms with Crippen molar-refractivity contribution in [2.24, 2.45) is 0 Å². The van der Waals surface area contributed by atoms with Crippen LogP contribution in [-0.4, -0.2) is 19.7 Å². The maximum Gasteiger partial charge on any atom is 0.153 e. The monoisotopic (exact) mass is 285 g/mol. The highest BCUT2D eigenvalue weighted by atomic mass is 32.1. The van der Waals surface area contributed by atoms with Crippen LogP contribution in [0.15, 0.2) is 42.2 Å². The second-order valence-corrected chi connectivity index (χ2v) is 5.58. The van der Waals surface area contributed by atoms with E-state index < -0.39 is 0 Å². The number of pyridine rings is 1. The van der Waals surface area contributed by atoms with Gasteiger partial charge >= 0.3 is 0 Å². The number of nitrogens with one attached hydrogen (secondary N) is 1. The van der Waals surface area contributed by atoms with Gasteiger partial charge in [-0.15, -0.1) is 11.3 Å². The van der Waals surface area contributed by atoms with Gasteiger partial charge in [0.05, 0.1) is 28.6 Å². The zero-order chi connectivity index (χ0) is 13.9. The van der Waals surface area contributed by atoms with E-state index in [4.69, 9.17) is 0 Å². The molecule has 0 saturated heterocycles. The summed E-state index contributed by atoms with van der Waals surface area (Å²) in [6.45, 7) is 4.11. The van der Waals surface area contributed by atoms with Crippen LogP contribution in [0.3, 0.4) is 0 Å². The smallest absolute Gasteiger partial charge is 0.153 e. The first-order valence-electron chi connectivity index (χ1n) is 6.37. The molecule has 0 fully saturated rings. The Kier molecular flexibility index (Phi) is 3.47. The van der Waals surface area contributed by atoms with E-state index in [9.17, 15) is 0 Å². The van der Waals surface area contributed by atoms with Gasteiger partial charge in [-0.1, -0.05) is 0 Å². The molecule has 5 nitrogen and oxygen atoms in total. The van der Waals surface area contributed by atoms with E-state index in [2.05, 4.69) is 32.7 Å². The second kappa shape index (κ2) is 5.42. The fourth-order valence-corrected chi connectivity index (χ4v) is 2.62. The lowest BCUT2D eigenvalue weighted by molar-refractivity contribution is 0.833. The van der Waals surface area contributed by atoms with E-state index in [1.54, 1.807) is 22.2 Å². The molecule has 0 amide bonds. The van der Waals surface area contributed by atoms with Gasteiger partial charge in [0, 0.05) is 17.8 Å². The number of hydrogen-bond acceptors (Lipinski definition) is 5. The third kappa shape index (κ3) is 2.70. The third-order valence-corrected chi connectivity index (χ3v) is 3.74. The Morgan fingerprint density at radius 3 is 2.85 bits per heavy atom. The fraction of sp³-hybridized carbons (Fsp3) is 0.214. The molecule has 3 rings (SSSR count). The van der Waals surface area contributed by atoms with Crippen LogP contribution in [0, 0.1) is 6.92 Å². The molecule has 0 aliphatic heterocycles. The first-order valence-corrected chi connectivity index (χ1v) is 7.25. The van der Waals surface area contributed by atoms with E-state index in [1.807, 2.05) is 37.5 Å². The predicted molar refractivity (Wildman–Crippen MR) is 80.2 cm³/mol. The lowest BCUT2D eigenvalue weighted by Crippen LogP contribution is -2.07. The third-order valence-electron chi connectivity index (χ3n) is 2.95. The summed E-state index contributed by atoms with van der Waals surface area (Å²) in [5.41, 5.74) is 2.03. The summed E-state index contributed by atoms with van der Waals surface area (Å²) in [6, 6.07) is 5.98. The Balaban J connectivity index is 1.72. The molecule has 3 heterocycles. The van der Waals surface area contributed by atoms with Gasteiger partial charge in [-0.25, -0.2) is 14.6 Å². The molecule has 1 atom stereocenters. The molecule has 0 aliphatic carbocycles. The van der Waals surface area contributed by atoms with Crippen LogP contribution >= 0.6 is 11.3 Å². The summed E-state index contributed by atoms with van der Waals surface area (Å²) < 4.78 is 1.73. The highest BCUT2D eigenvalue weighted by Gasteiger charge is 2.09. The predicted octanol–water partition coefficient (Wildman–Crippen LogP) is 3.21. The van der Waals surface area contributed by atoms with Gasteiger partial charge < -0.3 is 5.32 Å². The average molecular weight is 285 g/mol. The van der Waals surface area contributed by atoms with Crippen molar-refractivity contribution in [3.8, 4) is 5.82 Å². The van der Waals surface area contributed by atoms with Crippen molar-refractivity contribution in [2.75, 3.05) is 5.32 Å². The minimum atomic E-state index is 0.164. The van der Waals surface area contributed by atoms with E-state index in [-0.39, 0.29) is 6.04 Å². The molecule has 0 radical (unpaired) electrons. The standard InChI is InChI=1S/C14H15N5S/c1-10(13-9-20-11(2)18-13)17-12-4-5-14(15-8-12)19-7-3-6-16-19/h3-10,17H,1-2H3. The molecule has 3 aromatic heterocycles. The molecule has 0 aliphatic rings. The number of hydrogen-bond donors (Lipinski definition) is 1. The van der Waals surface area contributed by atoms with Crippen LogP contribution < -0.4 is 5.32 Å². The maximum absolute atomic E-state index is 4.49. The molecular weight excluding hydrogens is 270 g/mol. The molecule has 0 spiro atoms. The maximum atomic E-state index is 4.49. The SMILES string of the molecule is Cc1nc(C(C)Nc2ccc(-n3cccn3)nc2)cs1. The molecule has 3 aromatic rings. The first kappa shape index (κ1) is 12.8. The largest absolute Gasteiger partial charge is 0.376 e. The van der Waals surface area contributed by atoms with Crippen molar-refractivity contribution in [3.05, 3.63) is 52.9 Å². The van der Waals surface area contributed by atoms with Crippen molar-refractivity contribution in [1.82, 2.24) is 19.7 Å². The lowest BCUT2D eigenvalue weighted by Gasteiger charge is -2.13. The van der Waals surface area contributed by atoms with Crippen molar-refractivity contribution in [3.63, 3.8) is 0 Å². The summed E-state index contributed by atoms with van der Waals surface area (Å²) in [5.74, 6) is 0.803. The van der Waals surface area contributed by atoms with E-state index in [0.717, 1.165) is 22.2 Å². The Morgan fingerprint density at radius 1 is 1.35 bits per heavy atom. The quantitative estimate of drug-likeness (QED) is 0.799. The topological polar surface area (TPSA) is 55.6 Å². The van der Waals surface area contributed by atoms with Gasteiger partial charge in [-0.2, -0.15) is 5.10 Å². The Morgan fingerprint density at radius 2 is 2.25 bits per heavy atom. The van der Waals surface area contributed by atoms with E-state index in [1.165, 1.54) is 0 Å². The molecule has 0 bridgehead atoms. The number of aryl methyl sites for hydroxylation is 1. The van der Waals surface area contributed by atoms with Crippen LogP contribution in [0.2, 0.25) is 0 Å². The van der Waals surface area contributed by atoms with Gasteiger partial charge in [0.2, 0.25) is 0 Å². The summed E-state index contributed by atoms with van der Waals surface area (Å²) in [4.78, 5) is 8.88. The Labute approximate surface area is 121 Å². The first-order chi connectivity index (χ1) is 9.72. The van der Waals surface area contributed by atoms with E-state index >= 15 is 0 Å². The highest BCUT2D eigenvalue weighted by molar-refractivity contribution is 7.09. The van der Waals surface area contributed by atoms with Crippen molar-refractivity contribution < 1.29 is 0 Å². The van der Waals surface area contributed by atoms with Crippen LogP contribution in [0.1, 0.15) is 23.7 Å². The van der Waals surface area contributed by atoms with Gasteiger partial charge in [0.25, 0.3) is 0 Å². The molecule has 1 N–H and O–H groups in total. The zero-order valence-electron chi connectivity index (χ0n) is 11.3. The summed E-state index contributed by atoms with van der Waals surface area (Å²) in [5, 5.41) is 10.7. The molecule has 6 heteroatoms. The van der Waals surface area contributed by atoms with Gasteiger partial charge in [-0.05, 0) is 32.0 Å². The number of anilines is 1. The summed E-state index contributed by atoms with van der Waals surface area (Å²) >= 11 is 1.67. The molecule has 102 valence electrons. The Bertz CT molecular complexity index is 672. The van der Waals surface area contributed by atoms with Crippen LogP contribution in [0.4, 0.5) is 5.69 Å².